The van der Waals surface area contributed by atoms with Crippen molar-refractivity contribution < 1.29 is 14.6 Å². The Kier molecular flexibility index (Phi) is 4.18. The number of carboxylic acid groups (broad SMARTS) is 1. The number of ether oxygens (including phenoxy) is 1. The van der Waals surface area contributed by atoms with Crippen LogP contribution in [0.4, 0.5) is 4.79 Å². The van der Waals surface area contributed by atoms with E-state index in [1.165, 1.54) is 5.56 Å². The molecule has 0 saturated carbocycles. The molecule has 19 heavy (non-hydrogen) atoms. The van der Waals surface area contributed by atoms with Gasteiger partial charge in [0.15, 0.2) is 0 Å². The highest BCUT2D eigenvalue weighted by atomic mass is 16.7. The summed E-state index contributed by atoms with van der Waals surface area (Å²) in [7, 11) is 0. The predicted molar refractivity (Wildman–Crippen MR) is 74.5 cm³/mol. The molecule has 0 heterocycles. The van der Waals surface area contributed by atoms with Crippen LogP contribution in [0.25, 0.3) is 11.1 Å². The minimum atomic E-state index is -1.30. The van der Waals surface area contributed by atoms with E-state index in [9.17, 15) is 4.79 Å². The van der Waals surface area contributed by atoms with Crippen molar-refractivity contribution >= 4 is 6.16 Å². The largest absolute Gasteiger partial charge is 0.511 e. The summed E-state index contributed by atoms with van der Waals surface area (Å²) in [6.45, 7) is 2.14. The molecule has 98 valence electrons. The lowest BCUT2D eigenvalue weighted by molar-refractivity contribution is 0.144. The molecule has 0 aliphatic carbocycles. The van der Waals surface area contributed by atoms with Crippen molar-refractivity contribution in [3.05, 3.63) is 54.1 Å². The van der Waals surface area contributed by atoms with Crippen molar-refractivity contribution in [1.29, 1.82) is 0 Å². The van der Waals surface area contributed by atoms with Gasteiger partial charge >= 0.3 is 6.16 Å². The van der Waals surface area contributed by atoms with Crippen molar-refractivity contribution in [3.63, 3.8) is 0 Å². The molecule has 3 heteroatoms. The van der Waals surface area contributed by atoms with Gasteiger partial charge in [-0.2, -0.15) is 0 Å². The minimum Gasteiger partial charge on any atom is -0.449 e. The SMILES string of the molecule is CCCc1ccc(-c2ccccc2OC(=O)O)cc1. The van der Waals surface area contributed by atoms with Gasteiger partial charge in [0.05, 0.1) is 0 Å². The molecule has 0 saturated heterocycles. The molecule has 2 aromatic carbocycles. The lowest BCUT2D eigenvalue weighted by Gasteiger charge is -2.08. The van der Waals surface area contributed by atoms with Crippen molar-refractivity contribution in [2.45, 2.75) is 19.8 Å². The Morgan fingerprint density at radius 3 is 2.42 bits per heavy atom. The average Bonchev–Trinajstić information content (AvgIpc) is 2.40. The van der Waals surface area contributed by atoms with E-state index in [4.69, 9.17) is 9.84 Å². The quantitative estimate of drug-likeness (QED) is 0.653. The van der Waals surface area contributed by atoms with Crippen LogP contribution in [0.3, 0.4) is 0 Å². The van der Waals surface area contributed by atoms with Crippen molar-refractivity contribution in [3.8, 4) is 16.9 Å². The molecule has 2 rings (SSSR count). The normalized spacial score (nSPS) is 10.2. The van der Waals surface area contributed by atoms with Gasteiger partial charge in [0, 0.05) is 5.56 Å². The van der Waals surface area contributed by atoms with Crippen LogP contribution in [0.15, 0.2) is 48.5 Å². The van der Waals surface area contributed by atoms with E-state index < -0.39 is 6.16 Å². The summed E-state index contributed by atoms with van der Waals surface area (Å²) >= 11 is 0. The molecule has 3 nitrogen and oxygen atoms in total. The Hall–Kier alpha value is -2.29. The second-order valence-electron chi connectivity index (χ2n) is 4.31. The summed E-state index contributed by atoms with van der Waals surface area (Å²) in [5.74, 6) is 0.359. The van der Waals surface area contributed by atoms with E-state index in [0.29, 0.717) is 5.75 Å². The van der Waals surface area contributed by atoms with E-state index in [1.807, 2.05) is 24.3 Å². The van der Waals surface area contributed by atoms with Crippen LogP contribution in [-0.2, 0) is 6.42 Å². The van der Waals surface area contributed by atoms with Crippen LogP contribution < -0.4 is 4.74 Å². The fraction of sp³-hybridized carbons (Fsp3) is 0.188. The first kappa shape index (κ1) is 13.1. The fourth-order valence-corrected chi connectivity index (χ4v) is 2.03. The van der Waals surface area contributed by atoms with Crippen LogP contribution in [0.5, 0.6) is 5.75 Å². The lowest BCUT2D eigenvalue weighted by Crippen LogP contribution is -2.03. The molecule has 0 radical (unpaired) electrons. The monoisotopic (exact) mass is 256 g/mol. The Morgan fingerprint density at radius 2 is 1.79 bits per heavy atom. The summed E-state index contributed by atoms with van der Waals surface area (Å²) in [5, 5.41) is 8.73. The third-order valence-corrected chi connectivity index (χ3v) is 2.89. The van der Waals surface area contributed by atoms with Crippen molar-refractivity contribution in [1.82, 2.24) is 0 Å². The molecule has 2 aromatic rings. The highest BCUT2D eigenvalue weighted by molar-refractivity contribution is 5.74. The standard InChI is InChI=1S/C16H16O3/c1-2-5-12-8-10-13(11-9-12)14-6-3-4-7-15(14)19-16(17)18/h3-4,6-11H,2,5H2,1H3,(H,17,18). The van der Waals surface area contributed by atoms with E-state index >= 15 is 0 Å². The van der Waals surface area contributed by atoms with Crippen LogP contribution in [0, 0.1) is 0 Å². The van der Waals surface area contributed by atoms with Gasteiger partial charge in [-0.05, 0) is 23.6 Å². The Labute approximate surface area is 112 Å². The molecule has 0 aromatic heterocycles. The van der Waals surface area contributed by atoms with Gasteiger partial charge < -0.3 is 9.84 Å². The molecular weight excluding hydrogens is 240 g/mol. The topological polar surface area (TPSA) is 46.5 Å². The summed E-state index contributed by atoms with van der Waals surface area (Å²) in [6, 6.07) is 15.3. The Bertz CT molecular complexity index is 558. The first-order valence-electron chi connectivity index (χ1n) is 6.30. The second-order valence-corrected chi connectivity index (χ2v) is 4.31. The van der Waals surface area contributed by atoms with Crippen LogP contribution >= 0.6 is 0 Å². The molecule has 0 atom stereocenters. The maximum absolute atomic E-state index is 10.7. The van der Waals surface area contributed by atoms with Gasteiger partial charge in [-0.3, -0.25) is 0 Å². The molecule has 0 spiro atoms. The summed E-state index contributed by atoms with van der Waals surface area (Å²) in [5.41, 5.74) is 3.02. The summed E-state index contributed by atoms with van der Waals surface area (Å²) in [6.07, 6.45) is 0.862. The van der Waals surface area contributed by atoms with Gasteiger partial charge in [-0.25, -0.2) is 4.79 Å². The predicted octanol–water partition coefficient (Wildman–Crippen LogP) is 4.36. The number of rotatable bonds is 4. The zero-order valence-electron chi connectivity index (χ0n) is 10.8. The average molecular weight is 256 g/mol. The number of hydrogen-bond acceptors (Lipinski definition) is 2. The number of carbonyl (C=O) groups is 1. The summed E-state index contributed by atoms with van der Waals surface area (Å²) in [4.78, 5) is 10.7. The number of hydrogen-bond donors (Lipinski definition) is 1. The third kappa shape index (κ3) is 3.35. The Morgan fingerprint density at radius 1 is 1.11 bits per heavy atom. The molecule has 0 bridgehead atoms. The number of aryl methyl sites for hydroxylation is 1. The molecule has 0 fully saturated rings. The van der Waals surface area contributed by atoms with E-state index in [1.54, 1.807) is 12.1 Å². The maximum Gasteiger partial charge on any atom is 0.511 e. The second kappa shape index (κ2) is 6.05. The molecule has 0 aliphatic rings. The maximum atomic E-state index is 10.7. The zero-order chi connectivity index (χ0) is 13.7. The van der Waals surface area contributed by atoms with Gasteiger partial charge in [-0.1, -0.05) is 55.8 Å². The van der Waals surface area contributed by atoms with E-state index in [0.717, 1.165) is 24.0 Å². The van der Waals surface area contributed by atoms with E-state index in [2.05, 4.69) is 19.1 Å². The van der Waals surface area contributed by atoms with Crippen molar-refractivity contribution in [2.24, 2.45) is 0 Å². The lowest BCUT2D eigenvalue weighted by atomic mass is 10.0. The molecule has 1 N–H and O–H groups in total. The van der Waals surface area contributed by atoms with Crippen LogP contribution in [0.2, 0.25) is 0 Å². The van der Waals surface area contributed by atoms with Crippen molar-refractivity contribution in [2.75, 3.05) is 0 Å². The zero-order valence-corrected chi connectivity index (χ0v) is 10.8. The van der Waals surface area contributed by atoms with Crippen LogP contribution in [-0.4, -0.2) is 11.3 Å². The molecular formula is C16H16O3. The van der Waals surface area contributed by atoms with Gasteiger partial charge in [0.25, 0.3) is 0 Å². The fourth-order valence-electron chi connectivity index (χ4n) is 2.03. The van der Waals surface area contributed by atoms with Gasteiger partial charge in [0.2, 0.25) is 0 Å². The van der Waals surface area contributed by atoms with Crippen LogP contribution in [0.1, 0.15) is 18.9 Å². The summed E-state index contributed by atoms with van der Waals surface area (Å²) < 4.78 is 4.79. The molecule has 0 unspecified atom stereocenters. The highest BCUT2D eigenvalue weighted by Gasteiger charge is 2.08. The first-order valence-corrected chi connectivity index (χ1v) is 6.30. The van der Waals surface area contributed by atoms with Gasteiger partial charge in [-0.15, -0.1) is 0 Å². The number of benzene rings is 2. The highest BCUT2D eigenvalue weighted by Crippen LogP contribution is 2.30. The third-order valence-electron chi connectivity index (χ3n) is 2.89. The molecule has 0 amide bonds. The number of para-hydroxylation sites is 1. The van der Waals surface area contributed by atoms with Gasteiger partial charge in [0.1, 0.15) is 5.75 Å². The Balaban J connectivity index is 2.32. The smallest absolute Gasteiger partial charge is 0.449 e. The minimum absolute atomic E-state index is 0.359. The van der Waals surface area contributed by atoms with E-state index in [-0.39, 0.29) is 0 Å². The first-order chi connectivity index (χ1) is 9.20. The molecule has 0 aliphatic heterocycles.